The molecule has 0 bridgehead atoms. The zero-order chi connectivity index (χ0) is 20.2. The first-order valence-electron chi connectivity index (χ1n) is 10.0. The Kier molecular flexibility index (Phi) is 4.60. The Hall–Kier alpha value is -2.03. The Bertz CT molecular complexity index is 1160. The van der Waals surface area contributed by atoms with Gasteiger partial charge in [0.1, 0.15) is 16.5 Å². The molecule has 8 heteroatoms. The molecule has 1 aliphatic carbocycles. The molecule has 29 heavy (non-hydrogen) atoms. The number of hydrogen-bond donors (Lipinski definition) is 0. The molecule has 2 aliphatic rings. The first kappa shape index (κ1) is 19.0. The lowest BCUT2D eigenvalue weighted by molar-refractivity contribution is 0.384. The van der Waals surface area contributed by atoms with Crippen molar-refractivity contribution in [2.45, 2.75) is 37.5 Å². The van der Waals surface area contributed by atoms with Gasteiger partial charge in [-0.15, -0.1) is 11.3 Å². The van der Waals surface area contributed by atoms with Gasteiger partial charge in [0.2, 0.25) is 10.0 Å². The molecular formula is C21H24N4O2S2. The summed E-state index contributed by atoms with van der Waals surface area (Å²) in [5.41, 5.74) is 1.24. The van der Waals surface area contributed by atoms with Gasteiger partial charge in [-0.25, -0.2) is 18.4 Å². The normalized spacial score (nSPS) is 18.5. The molecule has 3 heterocycles. The van der Waals surface area contributed by atoms with Crippen molar-refractivity contribution in [3.8, 4) is 0 Å². The second-order valence-corrected chi connectivity index (χ2v) is 11.0. The number of hydrogen-bond acceptors (Lipinski definition) is 6. The minimum atomic E-state index is -3.45. The average molecular weight is 429 g/mol. The molecule has 2 aromatic heterocycles. The number of thiophene rings is 1. The van der Waals surface area contributed by atoms with E-state index in [0.717, 1.165) is 34.7 Å². The lowest BCUT2D eigenvalue weighted by Crippen LogP contribution is -2.49. The van der Waals surface area contributed by atoms with E-state index in [1.165, 1.54) is 10.4 Å². The third-order valence-corrected chi connectivity index (χ3v) is 8.90. The van der Waals surface area contributed by atoms with Crippen molar-refractivity contribution in [2.24, 2.45) is 0 Å². The maximum absolute atomic E-state index is 12.9. The van der Waals surface area contributed by atoms with Gasteiger partial charge in [0.05, 0.1) is 10.3 Å². The van der Waals surface area contributed by atoms with Gasteiger partial charge in [0.25, 0.3) is 0 Å². The maximum Gasteiger partial charge on any atom is 0.243 e. The molecule has 0 radical (unpaired) electrons. The molecule has 1 saturated heterocycles. The number of benzene rings is 1. The number of aryl methyl sites for hydroxylation is 2. The van der Waals surface area contributed by atoms with Crippen molar-refractivity contribution >= 4 is 37.4 Å². The largest absolute Gasteiger partial charge is 0.353 e. The van der Waals surface area contributed by atoms with Gasteiger partial charge in [0.15, 0.2) is 0 Å². The van der Waals surface area contributed by atoms with Crippen LogP contribution in [0.4, 0.5) is 5.82 Å². The highest BCUT2D eigenvalue weighted by Crippen LogP contribution is 2.42. The molecule has 1 saturated carbocycles. The Morgan fingerprint density at radius 1 is 1.00 bits per heavy atom. The van der Waals surface area contributed by atoms with Crippen LogP contribution in [0, 0.1) is 13.8 Å². The minimum absolute atomic E-state index is 0.359. The highest BCUT2D eigenvalue weighted by atomic mass is 32.2. The third-order valence-electron chi connectivity index (χ3n) is 5.89. The van der Waals surface area contributed by atoms with Crippen molar-refractivity contribution in [3.63, 3.8) is 0 Å². The van der Waals surface area contributed by atoms with Crippen LogP contribution in [-0.4, -0.2) is 48.9 Å². The summed E-state index contributed by atoms with van der Waals surface area (Å²) in [7, 11) is -3.45. The molecule has 2 fully saturated rings. The second kappa shape index (κ2) is 7.04. The summed E-state index contributed by atoms with van der Waals surface area (Å²) >= 11 is 1.73. The lowest BCUT2D eigenvalue weighted by Gasteiger charge is -2.35. The van der Waals surface area contributed by atoms with Gasteiger partial charge < -0.3 is 4.90 Å². The predicted molar refractivity (Wildman–Crippen MR) is 116 cm³/mol. The summed E-state index contributed by atoms with van der Waals surface area (Å²) in [6, 6.07) is 8.69. The quantitative estimate of drug-likeness (QED) is 0.634. The van der Waals surface area contributed by atoms with E-state index in [0.29, 0.717) is 37.0 Å². The average Bonchev–Trinajstić information content (AvgIpc) is 3.55. The maximum atomic E-state index is 12.9. The number of nitrogens with zero attached hydrogens (tertiary/aromatic N) is 4. The number of fused-ring (bicyclic) bond motifs is 1. The summed E-state index contributed by atoms with van der Waals surface area (Å²) in [6.07, 6.45) is 2.33. The van der Waals surface area contributed by atoms with Gasteiger partial charge in [-0.05, 0) is 44.4 Å². The molecule has 5 rings (SSSR count). The van der Waals surface area contributed by atoms with Crippen LogP contribution in [0.3, 0.4) is 0 Å². The predicted octanol–water partition coefficient (Wildman–Crippen LogP) is 3.70. The number of anilines is 1. The van der Waals surface area contributed by atoms with E-state index in [4.69, 9.17) is 9.97 Å². The molecule has 1 aromatic carbocycles. The standard InChI is InChI=1S/C21H24N4O2S2/c1-14-15(2)28-21-18(14)20(22-19(23-21)16-8-9-16)24-10-12-25(13-11-24)29(26,27)17-6-4-3-5-7-17/h3-7,16H,8-13H2,1-2H3. The van der Waals surface area contributed by atoms with Crippen LogP contribution in [0.2, 0.25) is 0 Å². The molecule has 0 amide bonds. The van der Waals surface area contributed by atoms with Crippen molar-refractivity contribution in [1.29, 1.82) is 0 Å². The molecule has 0 spiro atoms. The summed E-state index contributed by atoms with van der Waals surface area (Å²) in [5, 5.41) is 1.14. The number of rotatable bonds is 4. The van der Waals surface area contributed by atoms with Crippen molar-refractivity contribution < 1.29 is 8.42 Å². The molecule has 152 valence electrons. The summed E-state index contributed by atoms with van der Waals surface area (Å²) < 4.78 is 27.5. The second-order valence-electron chi connectivity index (χ2n) is 7.85. The van der Waals surface area contributed by atoms with E-state index < -0.39 is 10.0 Å². The minimum Gasteiger partial charge on any atom is -0.353 e. The molecule has 0 atom stereocenters. The monoisotopic (exact) mass is 428 g/mol. The van der Waals surface area contributed by atoms with Crippen LogP contribution < -0.4 is 4.90 Å². The fourth-order valence-electron chi connectivity index (χ4n) is 3.88. The van der Waals surface area contributed by atoms with Crippen molar-refractivity contribution in [1.82, 2.24) is 14.3 Å². The van der Waals surface area contributed by atoms with E-state index in [9.17, 15) is 8.42 Å². The van der Waals surface area contributed by atoms with Gasteiger partial charge >= 0.3 is 0 Å². The first-order valence-corrected chi connectivity index (χ1v) is 12.3. The van der Waals surface area contributed by atoms with Crippen LogP contribution >= 0.6 is 11.3 Å². The van der Waals surface area contributed by atoms with Crippen LogP contribution in [-0.2, 0) is 10.0 Å². The Morgan fingerprint density at radius 2 is 1.69 bits per heavy atom. The molecule has 1 aliphatic heterocycles. The molecule has 0 unspecified atom stereocenters. The van der Waals surface area contributed by atoms with Gasteiger partial charge in [0, 0.05) is 37.0 Å². The zero-order valence-corrected chi connectivity index (χ0v) is 18.3. The number of piperazine rings is 1. The topological polar surface area (TPSA) is 66.4 Å². The summed E-state index contributed by atoms with van der Waals surface area (Å²) in [4.78, 5) is 14.7. The highest BCUT2D eigenvalue weighted by Gasteiger charge is 2.32. The van der Waals surface area contributed by atoms with Crippen LogP contribution in [0.5, 0.6) is 0 Å². The van der Waals surface area contributed by atoms with Crippen molar-refractivity contribution in [3.05, 3.63) is 46.6 Å². The van der Waals surface area contributed by atoms with Gasteiger partial charge in [-0.2, -0.15) is 4.31 Å². The van der Waals surface area contributed by atoms with Gasteiger partial charge in [-0.1, -0.05) is 18.2 Å². The number of aromatic nitrogens is 2. The Labute approximate surface area is 175 Å². The summed E-state index contributed by atoms with van der Waals surface area (Å²) in [6.45, 7) is 6.46. The van der Waals surface area contributed by atoms with Crippen LogP contribution in [0.1, 0.15) is 35.0 Å². The van der Waals surface area contributed by atoms with E-state index in [-0.39, 0.29) is 0 Å². The Morgan fingerprint density at radius 3 is 2.34 bits per heavy atom. The van der Waals surface area contributed by atoms with Crippen molar-refractivity contribution in [2.75, 3.05) is 31.1 Å². The SMILES string of the molecule is Cc1sc2nc(C3CC3)nc(N3CCN(S(=O)(=O)c4ccccc4)CC3)c2c1C. The zero-order valence-electron chi connectivity index (χ0n) is 16.6. The molecule has 6 nitrogen and oxygen atoms in total. The lowest BCUT2D eigenvalue weighted by atomic mass is 10.2. The Balaban J connectivity index is 1.44. The molecular weight excluding hydrogens is 404 g/mol. The van der Waals surface area contributed by atoms with Gasteiger partial charge in [-0.3, -0.25) is 0 Å². The number of sulfonamides is 1. The van der Waals surface area contributed by atoms with Crippen LogP contribution in [0.15, 0.2) is 35.2 Å². The van der Waals surface area contributed by atoms with E-state index in [2.05, 4.69) is 18.7 Å². The third kappa shape index (κ3) is 3.33. The van der Waals surface area contributed by atoms with Crippen LogP contribution in [0.25, 0.3) is 10.2 Å². The first-order chi connectivity index (χ1) is 13.9. The smallest absolute Gasteiger partial charge is 0.243 e. The molecule has 0 N–H and O–H groups in total. The fourth-order valence-corrected chi connectivity index (χ4v) is 6.35. The van der Waals surface area contributed by atoms with E-state index in [1.807, 2.05) is 6.07 Å². The highest BCUT2D eigenvalue weighted by molar-refractivity contribution is 7.89. The van der Waals surface area contributed by atoms with E-state index in [1.54, 1.807) is 39.9 Å². The summed E-state index contributed by atoms with van der Waals surface area (Å²) in [5.74, 6) is 2.42. The fraction of sp³-hybridized carbons (Fsp3) is 0.429. The van der Waals surface area contributed by atoms with E-state index >= 15 is 0 Å². The molecule has 3 aromatic rings.